The molecule has 0 radical (unpaired) electrons. The molecule has 0 amide bonds. The van der Waals surface area contributed by atoms with Crippen molar-refractivity contribution in [3.63, 3.8) is 0 Å². The van der Waals surface area contributed by atoms with Gasteiger partial charge in [0.1, 0.15) is 11.9 Å². The Labute approximate surface area is 196 Å². The minimum atomic E-state index is -2.72. The van der Waals surface area contributed by atoms with Crippen LogP contribution in [0.5, 0.6) is 5.75 Å². The number of fused-ring (bicyclic) bond motifs is 1. The molecule has 1 aromatic heterocycles. The number of aromatic carboxylic acids is 1. The van der Waals surface area contributed by atoms with E-state index in [1.807, 2.05) is 37.4 Å². The number of H-pyrrole nitrogens is 1. The number of likely N-dealkylation sites (tertiary alicyclic amines) is 1. The largest absolute Gasteiger partial charge is 0.496 e. The van der Waals surface area contributed by atoms with E-state index in [0.29, 0.717) is 25.9 Å². The van der Waals surface area contributed by atoms with E-state index in [-0.39, 0.29) is 24.1 Å². The summed E-state index contributed by atoms with van der Waals surface area (Å²) in [6.45, 7) is 3.31. The summed E-state index contributed by atoms with van der Waals surface area (Å²) in [5.41, 5.74) is 4.37. The third kappa shape index (κ3) is 4.28. The van der Waals surface area contributed by atoms with Crippen molar-refractivity contribution in [2.24, 2.45) is 0 Å². The molecular weight excluding hydrogens is 442 g/mol. The molecule has 0 spiro atoms. The first-order valence-corrected chi connectivity index (χ1v) is 11.5. The van der Waals surface area contributed by atoms with Crippen molar-refractivity contribution >= 4 is 16.9 Å². The number of halogens is 2. The number of alkyl halides is 2. The zero-order chi connectivity index (χ0) is 24.0. The van der Waals surface area contributed by atoms with Crippen molar-refractivity contribution in [3.8, 4) is 5.75 Å². The van der Waals surface area contributed by atoms with Crippen molar-refractivity contribution in [2.75, 3.05) is 13.7 Å². The minimum Gasteiger partial charge on any atom is -0.496 e. The molecule has 1 aliphatic heterocycles. The van der Waals surface area contributed by atoms with Crippen LogP contribution < -0.4 is 4.74 Å². The molecule has 6 nitrogen and oxygen atoms in total. The van der Waals surface area contributed by atoms with Gasteiger partial charge in [0.25, 0.3) is 5.92 Å². The number of nitrogens with zero attached hydrogens (tertiary/aromatic N) is 1. The van der Waals surface area contributed by atoms with E-state index in [1.165, 1.54) is 0 Å². The van der Waals surface area contributed by atoms with Crippen LogP contribution in [0.15, 0.2) is 42.6 Å². The molecule has 3 aromatic rings. The van der Waals surface area contributed by atoms with Crippen LogP contribution in [-0.2, 0) is 11.3 Å². The van der Waals surface area contributed by atoms with E-state index in [9.17, 15) is 18.7 Å². The summed E-state index contributed by atoms with van der Waals surface area (Å²) in [6.07, 6.45) is 1.65. The third-order valence-electron chi connectivity index (χ3n) is 7.03. The smallest absolute Gasteiger partial charge is 0.335 e. The number of benzene rings is 2. The predicted molar refractivity (Wildman–Crippen MR) is 124 cm³/mol. The van der Waals surface area contributed by atoms with E-state index >= 15 is 0 Å². The highest BCUT2D eigenvalue weighted by atomic mass is 19.3. The molecule has 1 saturated carbocycles. The maximum atomic E-state index is 13.5. The van der Waals surface area contributed by atoms with Gasteiger partial charge in [-0.15, -0.1) is 0 Å². The number of rotatable bonds is 7. The molecule has 2 heterocycles. The maximum absolute atomic E-state index is 13.5. The SMILES string of the molecule is COc1cc(C)c2[nH]ccc2c1CN1CC[C@H](OC2CC2(F)F)C[C@H]1c1ccc(C(=O)O)cc1. The molecule has 34 heavy (non-hydrogen) atoms. The van der Waals surface area contributed by atoms with Gasteiger partial charge in [-0.25, -0.2) is 13.6 Å². The third-order valence-corrected chi connectivity index (χ3v) is 7.03. The Morgan fingerprint density at radius 2 is 2.00 bits per heavy atom. The van der Waals surface area contributed by atoms with Crippen LogP contribution in [0.1, 0.15) is 52.4 Å². The van der Waals surface area contributed by atoms with E-state index in [2.05, 4.69) is 9.88 Å². The quantitative estimate of drug-likeness (QED) is 0.489. The fourth-order valence-electron chi connectivity index (χ4n) is 5.04. The van der Waals surface area contributed by atoms with Crippen molar-refractivity contribution < 1.29 is 28.2 Å². The van der Waals surface area contributed by atoms with Crippen molar-refractivity contribution in [3.05, 3.63) is 64.8 Å². The number of carbonyl (C=O) groups is 1. The minimum absolute atomic E-state index is 0.103. The van der Waals surface area contributed by atoms with Crippen LogP contribution in [-0.4, -0.2) is 52.7 Å². The molecular formula is C26H28F2N2O4. The Balaban J connectivity index is 1.45. The van der Waals surface area contributed by atoms with Gasteiger partial charge in [0.2, 0.25) is 0 Å². The van der Waals surface area contributed by atoms with Gasteiger partial charge in [0.15, 0.2) is 0 Å². The number of aromatic nitrogens is 1. The first kappa shape index (κ1) is 22.8. The number of nitrogens with one attached hydrogen (secondary N) is 1. The molecule has 1 unspecified atom stereocenters. The van der Waals surface area contributed by atoms with E-state index < -0.39 is 18.0 Å². The molecule has 0 bridgehead atoms. The summed E-state index contributed by atoms with van der Waals surface area (Å²) in [5, 5.41) is 10.4. The van der Waals surface area contributed by atoms with E-state index in [4.69, 9.17) is 9.47 Å². The number of aryl methyl sites for hydroxylation is 1. The molecule has 1 saturated heterocycles. The number of methoxy groups -OCH3 is 1. The monoisotopic (exact) mass is 470 g/mol. The predicted octanol–water partition coefficient (Wildman–Crippen LogP) is 5.31. The van der Waals surface area contributed by atoms with Gasteiger partial charge < -0.3 is 19.6 Å². The molecule has 2 aliphatic rings. The summed E-state index contributed by atoms with van der Waals surface area (Å²) >= 11 is 0. The fraction of sp³-hybridized carbons (Fsp3) is 0.423. The van der Waals surface area contributed by atoms with Crippen LogP contribution in [0.4, 0.5) is 8.78 Å². The highest BCUT2D eigenvalue weighted by Gasteiger charge is 2.59. The van der Waals surface area contributed by atoms with Gasteiger partial charge in [-0.05, 0) is 55.2 Å². The summed E-state index contributed by atoms with van der Waals surface area (Å²) in [5.74, 6) is -2.89. The molecule has 8 heteroatoms. The fourth-order valence-corrected chi connectivity index (χ4v) is 5.04. The van der Waals surface area contributed by atoms with Crippen molar-refractivity contribution in [1.82, 2.24) is 9.88 Å². The standard InChI is InChI=1S/C26H28F2N2O4/c1-15-11-22(33-2)20(19-7-9-29-24(15)19)14-30-10-8-18(34-23-13-26(23,27)28)12-21(30)16-3-5-17(6-4-16)25(31)32/h3-7,9,11,18,21,23,29H,8,10,12-14H2,1-2H3,(H,31,32)/t18-,21-,23?/m0/s1. The second kappa shape index (κ2) is 8.67. The molecule has 2 N–H and O–H groups in total. The Hall–Kier alpha value is -2.97. The topological polar surface area (TPSA) is 74.8 Å². The van der Waals surface area contributed by atoms with Gasteiger partial charge in [0.05, 0.1) is 18.8 Å². The second-order valence-electron chi connectivity index (χ2n) is 9.29. The van der Waals surface area contributed by atoms with Gasteiger partial charge in [-0.3, -0.25) is 4.90 Å². The summed E-state index contributed by atoms with van der Waals surface area (Å²) in [7, 11) is 1.66. The van der Waals surface area contributed by atoms with Crippen molar-refractivity contribution in [2.45, 2.75) is 56.9 Å². The number of hydrogen-bond donors (Lipinski definition) is 2. The Morgan fingerprint density at radius 3 is 2.65 bits per heavy atom. The highest BCUT2D eigenvalue weighted by molar-refractivity contribution is 5.88. The Bertz CT molecular complexity index is 1210. The lowest BCUT2D eigenvalue weighted by molar-refractivity contribution is -0.0628. The number of piperidine rings is 1. The van der Waals surface area contributed by atoms with Crippen molar-refractivity contribution in [1.29, 1.82) is 0 Å². The molecule has 2 aromatic carbocycles. The molecule has 180 valence electrons. The Kier molecular flexibility index (Phi) is 5.81. The zero-order valence-electron chi connectivity index (χ0n) is 19.2. The van der Waals surface area contributed by atoms with Crippen LogP contribution in [0.2, 0.25) is 0 Å². The van der Waals surface area contributed by atoms with Gasteiger partial charge in [-0.1, -0.05) is 12.1 Å². The van der Waals surface area contributed by atoms with Gasteiger partial charge in [0, 0.05) is 48.2 Å². The Morgan fingerprint density at radius 1 is 1.26 bits per heavy atom. The number of carboxylic acids is 1. The van der Waals surface area contributed by atoms with Crippen LogP contribution in [0, 0.1) is 6.92 Å². The summed E-state index contributed by atoms with van der Waals surface area (Å²) in [4.78, 5) is 16.9. The summed E-state index contributed by atoms with van der Waals surface area (Å²) < 4.78 is 38.4. The van der Waals surface area contributed by atoms with Crippen LogP contribution >= 0.6 is 0 Å². The maximum Gasteiger partial charge on any atom is 0.335 e. The molecule has 5 rings (SSSR count). The number of carboxylic acid groups (broad SMARTS) is 1. The number of ether oxygens (including phenoxy) is 2. The lowest BCUT2D eigenvalue weighted by Crippen LogP contribution is -2.40. The van der Waals surface area contributed by atoms with E-state index in [1.54, 1.807) is 19.2 Å². The average Bonchev–Trinajstić information content (AvgIpc) is 3.19. The summed E-state index contributed by atoms with van der Waals surface area (Å²) in [6, 6.07) is 10.8. The lowest BCUT2D eigenvalue weighted by Gasteiger charge is -2.40. The van der Waals surface area contributed by atoms with Crippen LogP contribution in [0.25, 0.3) is 10.9 Å². The first-order valence-electron chi connectivity index (χ1n) is 11.5. The number of hydrogen-bond acceptors (Lipinski definition) is 4. The molecule has 3 atom stereocenters. The zero-order valence-corrected chi connectivity index (χ0v) is 19.2. The van der Waals surface area contributed by atoms with Crippen LogP contribution in [0.3, 0.4) is 0 Å². The molecule has 2 fully saturated rings. The van der Waals surface area contributed by atoms with E-state index in [0.717, 1.165) is 33.3 Å². The van der Waals surface area contributed by atoms with Gasteiger partial charge >= 0.3 is 5.97 Å². The average molecular weight is 471 g/mol. The lowest BCUT2D eigenvalue weighted by atomic mass is 9.91. The second-order valence-corrected chi connectivity index (χ2v) is 9.29. The van der Waals surface area contributed by atoms with Gasteiger partial charge in [-0.2, -0.15) is 0 Å². The molecule has 1 aliphatic carbocycles. The first-order chi connectivity index (χ1) is 16.3. The number of aromatic amines is 1. The normalized spacial score (nSPS) is 24.3. The highest BCUT2D eigenvalue weighted by Crippen LogP contribution is 2.47.